The second kappa shape index (κ2) is 8.82. The highest BCUT2D eigenvalue weighted by Crippen LogP contribution is 2.32. The van der Waals surface area contributed by atoms with E-state index in [2.05, 4.69) is 9.72 Å². The summed E-state index contributed by atoms with van der Waals surface area (Å²) in [6, 6.07) is 13.6. The Morgan fingerprint density at radius 3 is 2.48 bits per heavy atom. The first-order valence-corrected chi connectivity index (χ1v) is 9.11. The molecule has 3 aromatic rings. The lowest BCUT2D eigenvalue weighted by Gasteiger charge is -2.12. The van der Waals surface area contributed by atoms with Crippen molar-refractivity contribution in [1.82, 2.24) is 4.98 Å². The summed E-state index contributed by atoms with van der Waals surface area (Å²) in [4.78, 5) is 16.5. The standard InChI is InChI=1S/C20H13Cl2F3N2O2/c21-14-7-5-12(16(22)9-14)10-27-19(28)13-6-8-17(26-11-13)15-3-1-2-4-18(15)29-20(23,24)25/h1-9,11H,10H2,(H,27,28)/p+1. The SMILES string of the molecule is O=C([NH2+]Cc1ccc(Cl)cc1Cl)c1ccc(-c2ccccc2OC(F)(F)F)nc1. The summed E-state index contributed by atoms with van der Waals surface area (Å²) in [7, 11) is 0. The lowest BCUT2D eigenvalue weighted by Crippen LogP contribution is -2.86. The van der Waals surface area contributed by atoms with Crippen molar-refractivity contribution >= 4 is 29.1 Å². The van der Waals surface area contributed by atoms with Gasteiger partial charge < -0.3 is 4.74 Å². The van der Waals surface area contributed by atoms with Gasteiger partial charge >= 0.3 is 12.3 Å². The van der Waals surface area contributed by atoms with Crippen LogP contribution < -0.4 is 10.1 Å². The van der Waals surface area contributed by atoms with Crippen LogP contribution in [0.25, 0.3) is 11.3 Å². The van der Waals surface area contributed by atoms with E-state index in [1.54, 1.807) is 24.3 Å². The Hall–Kier alpha value is -2.61. The third-order valence-electron chi connectivity index (χ3n) is 3.96. The molecule has 0 aliphatic rings. The molecule has 3 rings (SSSR count). The number of amides is 1. The first-order valence-electron chi connectivity index (χ1n) is 8.35. The predicted molar refractivity (Wildman–Crippen MR) is 103 cm³/mol. The molecule has 0 saturated heterocycles. The Balaban J connectivity index is 1.73. The average molecular weight is 442 g/mol. The zero-order chi connectivity index (χ0) is 21.0. The number of hydrogen-bond acceptors (Lipinski definition) is 3. The molecule has 0 aliphatic carbocycles. The van der Waals surface area contributed by atoms with Gasteiger partial charge in [0.1, 0.15) is 12.3 Å². The Labute approximate surface area is 174 Å². The van der Waals surface area contributed by atoms with Crippen molar-refractivity contribution in [1.29, 1.82) is 0 Å². The van der Waals surface area contributed by atoms with Gasteiger partial charge in [0.15, 0.2) is 0 Å². The van der Waals surface area contributed by atoms with Crippen LogP contribution in [0.15, 0.2) is 60.8 Å². The van der Waals surface area contributed by atoms with Crippen LogP contribution in [0.5, 0.6) is 5.75 Å². The Bertz CT molecular complexity index is 1020. The number of carbonyl (C=O) groups is 1. The number of benzene rings is 2. The summed E-state index contributed by atoms with van der Waals surface area (Å²) in [5.74, 6) is -0.648. The molecular formula is C20H14Cl2F3N2O2+. The summed E-state index contributed by atoms with van der Waals surface area (Å²) < 4.78 is 41.8. The molecule has 0 bridgehead atoms. The van der Waals surface area contributed by atoms with Gasteiger partial charge in [-0.2, -0.15) is 0 Å². The van der Waals surface area contributed by atoms with Gasteiger partial charge in [-0.25, -0.2) is 4.79 Å². The van der Waals surface area contributed by atoms with Crippen LogP contribution in [0.2, 0.25) is 10.0 Å². The molecule has 2 N–H and O–H groups in total. The van der Waals surface area contributed by atoms with Crippen LogP contribution in [0.3, 0.4) is 0 Å². The maximum Gasteiger partial charge on any atom is 0.573 e. The van der Waals surface area contributed by atoms with Gasteiger partial charge in [0, 0.05) is 22.3 Å². The molecule has 0 atom stereocenters. The van der Waals surface area contributed by atoms with Gasteiger partial charge in [-0.1, -0.05) is 41.4 Å². The quantitative estimate of drug-likeness (QED) is 0.615. The first-order chi connectivity index (χ1) is 13.7. The van der Waals surface area contributed by atoms with E-state index in [0.717, 1.165) is 5.56 Å². The van der Waals surface area contributed by atoms with Crippen LogP contribution in [-0.2, 0) is 6.54 Å². The number of alkyl halides is 3. The van der Waals surface area contributed by atoms with Crippen LogP contribution in [0.4, 0.5) is 13.2 Å². The van der Waals surface area contributed by atoms with Crippen LogP contribution in [0.1, 0.15) is 15.9 Å². The van der Waals surface area contributed by atoms with Crippen LogP contribution in [-0.4, -0.2) is 17.3 Å². The van der Waals surface area contributed by atoms with Crippen molar-refractivity contribution < 1.29 is 28.0 Å². The minimum Gasteiger partial charge on any atom is -0.405 e. The molecule has 1 aromatic heterocycles. The minimum atomic E-state index is -4.82. The van der Waals surface area contributed by atoms with E-state index in [1.165, 1.54) is 41.8 Å². The number of para-hydroxylation sites is 1. The summed E-state index contributed by atoms with van der Waals surface area (Å²) in [6.45, 7) is 0.304. The van der Waals surface area contributed by atoms with Crippen LogP contribution in [0, 0.1) is 0 Å². The Morgan fingerprint density at radius 2 is 1.83 bits per heavy atom. The van der Waals surface area contributed by atoms with Crippen molar-refractivity contribution in [2.45, 2.75) is 12.9 Å². The largest absolute Gasteiger partial charge is 0.573 e. The number of nitrogens with two attached hydrogens (primary N) is 1. The number of halogens is 5. The highest BCUT2D eigenvalue weighted by molar-refractivity contribution is 6.35. The fourth-order valence-electron chi connectivity index (χ4n) is 2.60. The van der Waals surface area contributed by atoms with Gasteiger partial charge in [0.05, 0.1) is 16.3 Å². The van der Waals surface area contributed by atoms with Gasteiger partial charge in [0.2, 0.25) is 0 Å². The summed E-state index contributed by atoms with van der Waals surface area (Å²) in [5.41, 5.74) is 1.46. The third-order valence-corrected chi connectivity index (χ3v) is 4.55. The van der Waals surface area contributed by atoms with E-state index >= 15 is 0 Å². The van der Waals surface area contributed by atoms with Crippen molar-refractivity contribution in [3.05, 3.63) is 82.0 Å². The van der Waals surface area contributed by atoms with E-state index in [-0.39, 0.29) is 22.9 Å². The molecule has 0 spiro atoms. The summed E-state index contributed by atoms with van der Waals surface area (Å²) >= 11 is 11.9. The summed E-state index contributed by atoms with van der Waals surface area (Å²) in [5, 5.41) is 2.41. The molecule has 0 fully saturated rings. The van der Waals surface area contributed by atoms with Crippen molar-refractivity contribution in [2.24, 2.45) is 0 Å². The van der Waals surface area contributed by atoms with Crippen molar-refractivity contribution in [3.63, 3.8) is 0 Å². The molecule has 4 nitrogen and oxygen atoms in total. The molecule has 0 aliphatic heterocycles. The number of ether oxygens (including phenoxy) is 1. The van der Waals surface area contributed by atoms with E-state index in [4.69, 9.17) is 23.2 Å². The zero-order valence-electron chi connectivity index (χ0n) is 14.7. The molecule has 2 aromatic carbocycles. The average Bonchev–Trinajstić information content (AvgIpc) is 2.66. The highest BCUT2D eigenvalue weighted by atomic mass is 35.5. The van der Waals surface area contributed by atoms with E-state index in [9.17, 15) is 18.0 Å². The second-order valence-corrected chi connectivity index (χ2v) is 6.83. The number of aromatic nitrogens is 1. The third kappa shape index (κ3) is 5.69. The van der Waals surface area contributed by atoms with E-state index in [1.807, 2.05) is 0 Å². The molecule has 9 heteroatoms. The lowest BCUT2D eigenvalue weighted by atomic mass is 10.1. The maximum absolute atomic E-state index is 12.6. The number of carbonyl (C=O) groups excluding carboxylic acids is 1. The predicted octanol–water partition coefficient (Wildman–Crippen LogP) is 4.86. The fourth-order valence-corrected chi connectivity index (χ4v) is 3.08. The van der Waals surface area contributed by atoms with Crippen LogP contribution >= 0.6 is 23.2 Å². The fraction of sp³-hybridized carbons (Fsp3) is 0.100. The highest BCUT2D eigenvalue weighted by Gasteiger charge is 2.32. The Kier molecular flexibility index (Phi) is 6.42. The van der Waals surface area contributed by atoms with E-state index in [0.29, 0.717) is 22.2 Å². The number of quaternary nitrogens is 1. The number of nitrogens with zero attached hydrogens (tertiary/aromatic N) is 1. The van der Waals surface area contributed by atoms with Gasteiger partial charge in [-0.15, -0.1) is 13.2 Å². The zero-order valence-corrected chi connectivity index (χ0v) is 16.2. The molecule has 150 valence electrons. The molecule has 0 radical (unpaired) electrons. The molecule has 1 heterocycles. The van der Waals surface area contributed by atoms with Gasteiger partial charge in [-0.3, -0.25) is 10.3 Å². The summed E-state index contributed by atoms with van der Waals surface area (Å²) in [6.07, 6.45) is -3.51. The molecular weight excluding hydrogens is 428 g/mol. The minimum absolute atomic E-state index is 0.167. The van der Waals surface area contributed by atoms with Gasteiger partial charge in [0.25, 0.3) is 0 Å². The first kappa shape index (κ1) is 21.1. The molecule has 0 saturated carbocycles. The molecule has 29 heavy (non-hydrogen) atoms. The lowest BCUT2D eigenvalue weighted by molar-refractivity contribution is -0.571. The number of hydrogen-bond donors (Lipinski definition) is 1. The smallest absolute Gasteiger partial charge is 0.405 e. The number of primary amides is 1. The normalized spacial score (nSPS) is 11.3. The monoisotopic (exact) mass is 441 g/mol. The van der Waals surface area contributed by atoms with E-state index < -0.39 is 6.36 Å². The molecule has 1 amide bonds. The van der Waals surface area contributed by atoms with Crippen molar-refractivity contribution in [3.8, 4) is 17.0 Å². The molecule has 0 unspecified atom stereocenters. The Morgan fingerprint density at radius 1 is 1.07 bits per heavy atom. The maximum atomic E-state index is 12.6. The van der Waals surface area contributed by atoms with Crippen molar-refractivity contribution in [2.75, 3.05) is 0 Å². The number of pyridine rings is 1. The van der Waals surface area contributed by atoms with Gasteiger partial charge in [-0.05, 0) is 36.4 Å². The topological polar surface area (TPSA) is 55.8 Å². The number of rotatable bonds is 5. The second-order valence-electron chi connectivity index (χ2n) is 5.98.